The lowest BCUT2D eigenvalue weighted by molar-refractivity contribution is -0.256. The van der Waals surface area contributed by atoms with Gasteiger partial charge in [0, 0.05) is 37.7 Å². The molecule has 0 saturated heterocycles. The molecule has 0 radical (unpaired) electrons. The molecule has 1 heterocycles. The van der Waals surface area contributed by atoms with E-state index in [1.165, 1.54) is 0 Å². The molecule has 3 aromatic rings. The molecule has 12 heteroatoms. The molecule has 1 saturated carbocycles. The summed E-state index contributed by atoms with van der Waals surface area (Å²) < 4.78 is 32.2. The van der Waals surface area contributed by atoms with E-state index < -0.39 is 23.8 Å². The predicted octanol–water partition coefficient (Wildman–Crippen LogP) is 7.75. The quantitative estimate of drug-likeness (QED) is 0.0523. The molecular formula is C46H60N2O10. The number of oxime groups is 1. The van der Waals surface area contributed by atoms with Crippen LogP contribution >= 0.6 is 0 Å². The van der Waals surface area contributed by atoms with Crippen LogP contribution < -0.4 is 9.47 Å². The lowest BCUT2D eigenvalue weighted by atomic mass is 9.55. The van der Waals surface area contributed by atoms with Gasteiger partial charge in [0.25, 0.3) is 0 Å². The van der Waals surface area contributed by atoms with E-state index in [1.807, 2.05) is 43.3 Å². The molecule has 58 heavy (non-hydrogen) atoms. The molecule has 3 N–H and O–H groups in total. The van der Waals surface area contributed by atoms with Crippen molar-refractivity contribution >= 4 is 22.6 Å². The van der Waals surface area contributed by atoms with Crippen LogP contribution in [0.1, 0.15) is 70.3 Å². The molecule has 314 valence electrons. The number of hydrogen-bond donors (Lipinski definition) is 3. The van der Waals surface area contributed by atoms with Crippen LogP contribution in [0, 0.1) is 17.8 Å². The number of carbonyl (C=O) groups excluding carboxylic acids is 1. The Morgan fingerprint density at radius 2 is 1.69 bits per heavy atom. The maximum absolute atomic E-state index is 14.1. The highest BCUT2D eigenvalue weighted by Gasteiger charge is 2.65. The van der Waals surface area contributed by atoms with Crippen LogP contribution in [0.25, 0.3) is 10.8 Å². The third-order valence-corrected chi connectivity index (χ3v) is 11.5. The number of amides is 1. The summed E-state index contributed by atoms with van der Waals surface area (Å²) in [7, 11) is 0. The average molecular weight is 801 g/mol. The molecule has 1 fully saturated rings. The van der Waals surface area contributed by atoms with Crippen LogP contribution in [0.2, 0.25) is 0 Å². The van der Waals surface area contributed by atoms with Crippen molar-refractivity contribution in [3.63, 3.8) is 0 Å². The maximum Gasteiger partial charge on any atom is 0.410 e. The van der Waals surface area contributed by atoms with Gasteiger partial charge in [-0.3, -0.25) is 4.90 Å². The van der Waals surface area contributed by atoms with Gasteiger partial charge in [-0.25, -0.2) is 4.79 Å². The number of rotatable bonds is 22. The lowest BCUT2D eigenvalue weighted by Crippen LogP contribution is -2.70. The van der Waals surface area contributed by atoms with E-state index >= 15 is 0 Å². The van der Waals surface area contributed by atoms with E-state index in [9.17, 15) is 20.1 Å². The third kappa shape index (κ3) is 9.53. The Kier molecular flexibility index (Phi) is 15.6. The topological polar surface area (TPSA) is 149 Å². The molecule has 6 rings (SSSR count). The van der Waals surface area contributed by atoms with Crippen LogP contribution in [0.5, 0.6) is 17.2 Å². The highest BCUT2D eigenvalue weighted by Crippen LogP contribution is 2.62. The first-order chi connectivity index (χ1) is 28.4. The predicted molar refractivity (Wildman–Crippen MR) is 222 cm³/mol. The Morgan fingerprint density at radius 3 is 2.43 bits per heavy atom. The van der Waals surface area contributed by atoms with Crippen molar-refractivity contribution < 1.29 is 48.6 Å². The number of hydrogen-bond acceptors (Lipinski definition) is 11. The van der Waals surface area contributed by atoms with E-state index in [-0.39, 0.29) is 77.0 Å². The minimum absolute atomic E-state index is 0.0558. The fourth-order valence-electron chi connectivity index (χ4n) is 9.13. The summed E-state index contributed by atoms with van der Waals surface area (Å²) in [5, 5.41) is 36.1. The van der Waals surface area contributed by atoms with Gasteiger partial charge in [0.2, 0.25) is 5.79 Å². The fourth-order valence-corrected chi connectivity index (χ4v) is 9.13. The van der Waals surface area contributed by atoms with Crippen LogP contribution in [-0.4, -0.2) is 103 Å². The summed E-state index contributed by atoms with van der Waals surface area (Å²) in [6.45, 7) is 8.74. The summed E-state index contributed by atoms with van der Waals surface area (Å²) in [6, 6.07) is 19.4. The minimum Gasteiger partial charge on any atom is -0.459 e. The van der Waals surface area contributed by atoms with Gasteiger partial charge in [-0.15, -0.1) is 6.58 Å². The maximum atomic E-state index is 14.1. The van der Waals surface area contributed by atoms with Crippen LogP contribution in [0.15, 0.2) is 90.1 Å². The standard InChI is InChI=1S/C46H60N2O10/c1-4-25-55-46-42(48(45(52)54-5-2)21-26-53-27-24-51)31-40(47-56-6-3)38-29-34(15-9-11-22-49)37(16-10-12-23-50)43(44(38)46)39-30-36(19-20-41(39)58-46)57-35-18-17-32-13-7-8-14-33(32)28-35/h4,7-8,13-14,17-20,28-30,34,37,42-44,49-51H,1,5-6,9-12,15-16,21-27,31H2,2-3H3. The molecule has 3 aromatic carbocycles. The number of nitrogens with zero attached hydrogens (tertiary/aromatic N) is 2. The summed E-state index contributed by atoms with van der Waals surface area (Å²) in [5.41, 5.74) is 2.60. The molecule has 0 bridgehead atoms. The van der Waals surface area contributed by atoms with Gasteiger partial charge in [0.15, 0.2) is 0 Å². The van der Waals surface area contributed by atoms with Gasteiger partial charge in [-0.1, -0.05) is 60.5 Å². The largest absolute Gasteiger partial charge is 0.459 e. The number of allylic oxidation sites excluding steroid dienone is 1. The minimum atomic E-state index is -1.43. The number of ether oxygens (including phenoxy) is 5. The second kappa shape index (κ2) is 21.0. The van der Waals surface area contributed by atoms with Crippen molar-refractivity contribution in [1.82, 2.24) is 4.90 Å². The summed E-state index contributed by atoms with van der Waals surface area (Å²) >= 11 is 0. The fraction of sp³-hybridized carbons (Fsp3) is 0.522. The molecule has 6 atom stereocenters. The summed E-state index contributed by atoms with van der Waals surface area (Å²) in [6.07, 6.45) is 8.30. The normalized spacial score (nSPS) is 24.0. The molecule has 0 spiro atoms. The first-order valence-electron chi connectivity index (χ1n) is 20.9. The monoisotopic (exact) mass is 800 g/mol. The Bertz CT molecular complexity index is 1880. The van der Waals surface area contributed by atoms with Gasteiger partial charge < -0.3 is 43.8 Å². The molecule has 1 aliphatic heterocycles. The molecule has 3 aliphatic rings. The first kappa shape index (κ1) is 43.1. The molecule has 6 unspecified atom stereocenters. The lowest BCUT2D eigenvalue weighted by Gasteiger charge is -2.59. The molecular weight excluding hydrogens is 741 g/mol. The zero-order valence-corrected chi connectivity index (χ0v) is 33.9. The number of aliphatic hydroxyl groups excluding tert-OH is 3. The molecule has 2 aliphatic carbocycles. The Morgan fingerprint density at radius 1 is 0.931 bits per heavy atom. The van der Waals surface area contributed by atoms with Crippen LogP contribution in [-0.2, 0) is 19.0 Å². The van der Waals surface area contributed by atoms with E-state index in [2.05, 4.69) is 36.9 Å². The van der Waals surface area contributed by atoms with Crippen molar-refractivity contribution in [1.29, 1.82) is 0 Å². The zero-order chi connectivity index (χ0) is 40.9. The van der Waals surface area contributed by atoms with Crippen molar-refractivity contribution in [2.45, 2.75) is 76.5 Å². The molecule has 12 nitrogen and oxygen atoms in total. The second-order valence-electron chi connectivity index (χ2n) is 15.0. The number of unbranched alkanes of at least 4 members (excludes halogenated alkanes) is 2. The third-order valence-electron chi connectivity index (χ3n) is 11.5. The number of aliphatic hydroxyl groups is 3. The van der Waals surface area contributed by atoms with Gasteiger partial charge in [-0.2, -0.15) is 0 Å². The Hall–Kier alpha value is -4.46. The van der Waals surface area contributed by atoms with Crippen LogP contribution in [0.4, 0.5) is 4.79 Å². The van der Waals surface area contributed by atoms with Crippen LogP contribution in [0.3, 0.4) is 0 Å². The van der Waals surface area contributed by atoms with Gasteiger partial charge >= 0.3 is 6.09 Å². The second-order valence-corrected chi connectivity index (χ2v) is 15.0. The van der Waals surface area contributed by atoms with E-state index in [4.69, 9.17) is 33.7 Å². The van der Waals surface area contributed by atoms with Crippen molar-refractivity contribution in [3.05, 3.63) is 90.5 Å². The van der Waals surface area contributed by atoms with Crippen molar-refractivity contribution in [2.75, 3.05) is 59.4 Å². The summed E-state index contributed by atoms with van der Waals surface area (Å²) in [4.78, 5) is 21.5. The van der Waals surface area contributed by atoms with Gasteiger partial charge in [0.05, 0.1) is 44.7 Å². The average Bonchev–Trinajstić information content (AvgIpc) is 3.23. The summed E-state index contributed by atoms with van der Waals surface area (Å²) in [5.74, 6) is 0.0123. The Labute approximate surface area is 342 Å². The van der Waals surface area contributed by atoms with Crippen molar-refractivity contribution in [2.24, 2.45) is 22.9 Å². The highest BCUT2D eigenvalue weighted by molar-refractivity contribution is 6.03. The number of carbonyl (C=O) groups is 1. The smallest absolute Gasteiger partial charge is 0.410 e. The SMILES string of the molecule is C=CCOC12Oc3ccc(Oc4ccc5ccccc5c4)cc3C3C(CCCCO)C(CCCCO)C=C(C(=NOCC)CC1N(CCOCCO)C(=O)OCC)C32. The van der Waals surface area contributed by atoms with Gasteiger partial charge in [0.1, 0.15) is 29.9 Å². The number of benzene rings is 3. The highest BCUT2D eigenvalue weighted by atomic mass is 16.7. The zero-order valence-electron chi connectivity index (χ0n) is 33.9. The van der Waals surface area contributed by atoms with E-state index in [0.29, 0.717) is 42.4 Å². The van der Waals surface area contributed by atoms with Crippen molar-refractivity contribution in [3.8, 4) is 17.2 Å². The number of fused-ring (bicyclic) bond motifs is 3. The molecule has 0 aromatic heterocycles. The van der Waals surface area contributed by atoms with Gasteiger partial charge in [-0.05, 0) is 98.0 Å². The first-order valence-corrected chi connectivity index (χ1v) is 20.9. The van der Waals surface area contributed by atoms with E-state index in [1.54, 1.807) is 17.9 Å². The molecule has 1 amide bonds. The Balaban J connectivity index is 1.56. The van der Waals surface area contributed by atoms with E-state index in [0.717, 1.165) is 47.6 Å².